The fourth-order valence-electron chi connectivity index (χ4n) is 3.05. The second-order valence-electron chi connectivity index (χ2n) is 6.25. The van der Waals surface area contributed by atoms with E-state index in [9.17, 15) is 22.8 Å². The molecule has 2 aromatic rings. The Labute approximate surface area is 146 Å². The van der Waals surface area contributed by atoms with Crippen molar-refractivity contribution in [2.45, 2.75) is 13.1 Å². The minimum atomic E-state index is -4.67. The lowest BCUT2D eigenvalue weighted by Gasteiger charge is -2.18. The van der Waals surface area contributed by atoms with E-state index in [4.69, 9.17) is 5.11 Å². The Bertz CT molecular complexity index is 830. The zero-order valence-electron chi connectivity index (χ0n) is 13.8. The molecular formula is C17H16F3N3O3. The van der Waals surface area contributed by atoms with Gasteiger partial charge in [-0.15, -0.1) is 0 Å². The van der Waals surface area contributed by atoms with Crippen molar-refractivity contribution in [3.8, 4) is 5.69 Å². The van der Waals surface area contributed by atoms with Gasteiger partial charge in [-0.05, 0) is 37.3 Å². The number of carbonyl (C=O) groups is 2. The van der Waals surface area contributed by atoms with Crippen molar-refractivity contribution < 1.29 is 27.9 Å². The molecule has 9 heteroatoms. The highest BCUT2D eigenvalue weighted by Gasteiger charge is 2.53. The maximum absolute atomic E-state index is 13.0. The zero-order valence-corrected chi connectivity index (χ0v) is 13.8. The molecule has 6 nitrogen and oxygen atoms in total. The standard InChI is InChI=1S/C17H16F3N3O3/c1-10-6-7-23(21-10)12-4-2-11(3-5-12)15(24)22-8-13(16(25)26)14(9-22)17(18,19)20/h2-7,13-14H,8-9H2,1H3,(H,25,26)/t13-,14-/m1/s1. The van der Waals surface area contributed by atoms with Crippen molar-refractivity contribution in [1.82, 2.24) is 14.7 Å². The van der Waals surface area contributed by atoms with Crippen molar-refractivity contribution >= 4 is 11.9 Å². The summed E-state index contributed by atoms with van der Waals surface area (Å²) in [6.07, 6.45) is -2.92. The number of hydrogen-bond donors (Lipinski definition) is 1. The molecule has 0 aliphatic carbocycles. The van der Waals surface area contributed by atoms with Gasteiger partial charge in [-0.1, -0.05) is 0 Å². The van der Waals surface area contributed by atoms with E-state index >= 15 is 0 Å². The Balaban J connectivity index is 1.78. The molecule has 138 valence electrons. The number of carboxylic acids is 1. The molecule has 26 heavy (non-hydrogen) atoms. The third-order valence-corrected chi connectivity index (χ3v) is 4.45. The highest BCUT2D eigenvalue weighted by molar-refractivity contribution is 5.95. The molecule has 1 aromatic carbocycles. The molecule has 3 rings (SSSR count). The first-order valence-corrected chi connectivity index (χ1v) is 7.88. The molecule has 1 saturated heterocycles. The SMILES string of the molecule is Cc1ccn(-c2ccc(C(=O)N3C[C@@H](C(F)(F)F)[C@H](C(=O)O)C3)cc2)n1. The van der Waals surface area contributed by atoms with E-state index in [1.165, 1.54) is 12.1 Å². The molecule has 0 bridgehead atoms. The number of hydrogen-bond acceptors (Lipinski definition) is 3. The summed E-state index contributed by atoms with van der Waals surface area (Å²) in [4.78, 5) is 24.6. The summed E-state index contributed by atoms with van der Waals surface area (Å²) in [6.45, 7) is 0.718. The number of aromatic nitrogens is 2. The largest absolute Gasteiger partial charge is 0.481 e. The number of aliphatic carboxylic acids is 1. The monoisotopic (exact) mass is 367 g/mol. The lowest BCUT2D eigenvalue weighted by atomic mass is 9.96. The van der Waals surface area contributed by atoms with Crippen LogP contribution in [0.5, 0.6) is 0 Å². The molecule has 0 spiro atoms. The van der Waals surface area contributed by atoms with Gasteiger partial charge < -0.3 is 10.0 Å². The number of benzene rings is 1. The molecular weight excluding hydrogens is 351 g/mol. The van der Waals surface area contributed by atoms with Gasteiger partial charge >= 0.3 is 12.1 Å². The average molecular weight is 367 g/mol. The predicted molar refractivity (Wildman–Crippen MR) is 84.9 cm³/mol. The molecule has 1 aliphatic rings. The first-order valence-electron chi connectivity index (χ1n) is 7.88. The first-order chi connectivity index (χ1) is 12.2. The van der Waals surface area contributed by atoms with Gasteiger partial charge in [0.1, 0.15) is 0 Å². The van der Waals surface area contributed by atoms with Crippen LogP contribution in [-0.2, 0) is 4.79 Å². The number of likely N-dealkylation sites (tertiary alicyclic amines) is 1. The highest BCUT2D eigenvalue weighted by atomic mass is 19.4. The average Bonchev–Trinajstić information content (AvgIpc) is 3.20. The van der Waals surface area contributed by atoms with E-state index < -0.39 is 43.0 Å². The van der Waals surface area contributed by atoms with Crippen LogP contribution in [-0.4, -0.2) is 50.9 Å². The summed E-state index contributed by atoms with van der Waals surface area (Å²) in [6, 6.07) is 8.06. The van der Waals surface area contributed by atoms with Crippen molar-refractivity contribution in [2.24, 2.45) is 11.8 Å². The van der Waals surface area contributed by atoms with Crippen LogP contribution in [0.2, 0.25) is 0 Å². The van der Waals surface area contributed by atoms with E-state index in [0.29, 0.717) is 5.69 Å². The minimum Gasteiger partial charge on any atom is -0.481 e. The van der Waals surface area contributed by atoms with Crippen LogP contribution >= 0.6 is 0 Å². The molecule has 2 atom stereocenters. The summed E-state index contributed by atoms with van der Waals surface area (Å²) in [7, 11) is 0. The molecule has 1 N–H and O–H groups in total. The third kappa shape index (κ3) is 3.42. The van der Waals surface area contributed by atoms with Gasteiger partial charge in [0, 0.05) is 24.8 Å². The number of carbonyl (C=O) groups excluding carboxylic acids is 1. The van der Waals surface area contributed by atoms with Crippen LogP contribution in [0.1, 0.15) is 16.1 Å². The number of carboxylic acid groups (broad SMARTS) is 1. The summed E-state index contributed by atoms with van der Waals surface area (Å²) < 4.78 is 40.7. The normalized spacial score (nSPS) is 20.4. The second-order valence-corrected chi connectivity index (χ2v) is 6.25. The molecule has 1 aliphatic heterocycles. The lowest BCUT2D eigenvalue weighted by molar-refractivity contribution is -0.187. The predicted octanol–water partition coefficient (Wildman–Crippen LogP) is 2.52. The lowest BCUT2D eigenvalue weighted by Crippen LogP contribution is -2.34. The van der Waals surface area contributed by atoms with Gasteiger partial charge in [-0.2, -0.15) is 18.3 Å². The summed E-state index contributed by atoms with van der Waals surface area (Å²) >= 11 is 0. The summed E-state index contributed by atoms with van der Waals surface area (Å²) in [5.41, 5.74) is 1.72. The maximum atomic E-state index is 13.0. The maximum Gasteiger partial charge on any atom is 0.394 e. The Kier molecular flexibility index (Phi) is 4.47. The zero-order chi connectivity index (χ0) is 19.1. The van der Waals surface area contributed by atoms with Crippen LogP contribution in [0, 0.1) is 18.8 Å². The number of alkyl halides is 3. The van der Waals surface area contributed by atoms with Crippen LogP contribution in [0.15, 0.2) is 36.5 Å². The van der Waals surface area contributed by atoms with Crippen molar-refractivity contribution in [2.75, 3.05) is 13.1 Å². The smallest absolute Gasteiger partial charge is 0.394 e. The van der Waals surface area contributed by atoms with Gasteiger partial charge in [-0.25, -0.2) is 4.68 Å². The van der Waals surface area contributed by atoms with Crippen LogP contribution in [0.25, 0.3) is 5.69 Å². The van der Waals surface area contributed by atoms with Crippen LogP contribution in [0.4, 0.5) is 13.2 Å². The van der Waals surface area contributed by atoms with Crippen molar-refractivity contribution in [3.63, 3.8) is 0 Å². The quantitative estimate of drug-likeness (QED) is 0.905. The minimum absolute atomic E-state index is 0.199. The molecule has 1 amide bonds. The van der Waals surface area contributed by atoms with E-state index in [1.54, 1.807) is 23.0 Å². The number of aryl methyl sites for hydroxylation is 1. The topological polar surface area (TPSA) is 75.4 Å². The fourth-order valence-corrected chi connectivity index (χ4v) is 3.05. The van der Waals surface area contributed by atoms with Gasteiger partial charge in [-0.3, -0.25) is 9.59 Å². The molecule has 0 saturated carbocycles. The highest BCUT2D eigenvalue weighted by Crippen LogP contribution is 2.38. The number of halogens is 3. The number of amides is 1. The fraction of sp³-hybridized carbons (Fsp3) is 0.353. The van der Waals surface area contributed by atoms with Gasteiger partial charge in [0.25, 0.3) is 5.91 Å². The first kappa shape index (κ1) is 18.0. The van der Waals surface area contributed by atoms with Crippen LogP contribution < -0.4 is 0 Å². The summed E-state index contributed by atoms with van der Waals surface area (Å²) in [5, 5.41) is 13.3. The molecule has 1 aromatic heterocycles. The Morgan fingerprint density at radius 1 is 1.15 bits per heavy atom. The van der Waals surface area contributed by atoms with Gasteiger partial charge in [0.15, 0.2) is 0 Å². The van der Waals surface area contributed by atoms with E-state index in [1.807, 2.05) is 13.0 Å². The molecule has 1 fully saturated rings. The molecule has 2 heterocycles. The van der Waals surface area contributed by atoms with Gasteiger partial charge in [0.05, 0.1) is 23.2 Å². The number of rotatable bonds is 3. The molecule has 0 unspecified atom stereocenters. The number of nitrogens with zero attached hydrogens (tertiary/aromatic N) is 3. The Hall–Kier alpha value is -2.84. The third-order valence-electron chi connectivity index (χ3n) is 4.45. The van der Waals surface area contributed by atoms with Crippen LogP contribution in [0.3, 0.4) is 0 Å². The van der Waals surface area contributed by atoms with E-state index in [0.717, 1.165) is 10.6 Å². The second kappa shape index (κ2) is 6.47. The van der Waals surface area contributed by atoms with Crippen molar-refractivity contribution in [1.29, 1.82) is 0 Å². The summed E-state index contributed by atoms with van der Waals surface area (Å²) in [5.74, 6) is -5.88. The van der Waals surface area contributed by atoms with E-state index in [2.05, 4.69) is 5.10 Å². The van der Waals surface area contributed by atoms with Crippen molar-refractivity contribution in [3.05, 3.63) is 47.8 Å². The Morgan fingerprint density at radius 2 is 1.81 bits per heavy atom. The Morgan fingerprint density at radius 3 is 2.27 bits per heavy atom. The van der Waals surface area contributed by atoms with E-state index in [-0.39, 0.29) is 5.56 Å². The molecule has 0 radical (unpaired) electrons. The van der Waals surface area contributed by atoms with Gasteiger partial charge in [0.2, 0.25) is 0 Å².